The van der Waals surface area contributed by atoms with Gasteiger partial charge in [-0.2, -0.15) is 0 Å². The Morgan fingerprint density at radius 1 is 1.20 bits per heavy atom. The minimum absolute atomic E-state index is 0.000988. The van der Waals surface area contributed by atoms with E-state index in [-0.39, 0.29) is 12.0 Å². The molecule has 1 amide bonds. The zero-order valence-corrected chi connectivity index (χ0v) is 18.7. The summed E-state index contributed by atoms with van der Waals surface area (Å²) in [6.45, 7) is 9.86. The lowest BCUT2D eigenvalue weighted by Gasteiger charge is -2.19. The van der Waals surface area contributed by atoms with Crippen LogP contribution < -0.4 is 5.32 Å². The Bertz CT molecular complexity index is 775. The molecule has 0 bridgehead atoms. The molecule has 30 heavy (non-hydrogen) atoms. The van der Waals surface area contributed by atoms with Gasteiger partial charge in [0.2, 0.25) is 5.91 Å². The lowest BCUT2D eigenvalue weighted by molar-refractivity contribution is -0.132. The summed E-state index contributed by atoms with van der Waals surface area (Å²) < 4.78 is 5.87. The Labute approximate surface area is 182 Å². The summed E-state index contributed by atoms with van der Waals surface area (Å²) in [5, 5.41) is 3.06. The molecule has 0 unspecified atom stereocenters. The zero-order valence-electron chi connectivity index (χ0n) is 18.7. The van der Waals surface area contributed by atoms with Gasteiger partial charge in [0.1, 0.15) is 6.10 Å². The molecular weight excluding hydrogens is 370 g/mol. The van der Waals surface area contributed by atoms with Gasteiger partial charge in [-0.05, 0) is 61.5 Å². The molecule has 3 atom stereocenters. The Hall–Kier alpha value is -2.13. The SMILES string of the molecule is C=C1C[C@H](CCC2=CCCO[C@H](C(=O)NCc3ccc(CC)cc3)C2)C=CC[C@H]1C. The fraction of sp³-hybridized carbons (Fsp3) is 0.519. The molecular formula is C27H37NO2. The van der Waals surface area contributed by atoms with Crippen LogP contribution in [-0.4, -0.2) is 18.6 Å². The maximum atomic E-state index is 12.7. The summed E-state index contributed by atoms with van der Waals surface area (Å²) in [4.78, 5) is 12.7. The first-order valence-corrected chi connectivity index (χ1v) is 11.5. The molecule has 162 valence electrons. The number of amides is 1. The van der Waals surface area contributed by atoms with E-state index in [9.17, 15) is 4.79 Å². The minimum Gasteiger partial charge on any atom is -0.368 e. The summed E-state index contributed by atoms with van der Waals surface area (Å²) in [5.74, 6) is 1.15. The quantitative estimate of drug-likeness (QED) is 0.571. The van der Waals surface area contributed by atoms with Crippen molar-refractivity contribution in [3.8, 4) is 0 Å². The van der Waals surface area contributed by atoms with E-state index in [0.29, 0.717) is 31.4 Å². The summed E-state index contributed by atoms with van der Waals surface area (Å²) in [6, 6.07) is 8.43. The van der Waals surface area contributed by atoms with Gasteiger partial charge in [0.05, 0.1) is 6.61 Å². The standard InChI is InChI=1S/C27H37NO2/c1-4-22-10-14-25(15-11-22)19-28-27(29)26-18-24(9-6-16-30-26)13-12-23-8-5-7-20(2)21(3)17-23/h5,8-11,14-15,20,23,26H,3-4,6-7,12-13,16-19H2,1-2H3,(H,28,29)/t20-,23+,26+/m1/s1. The Balaban J connectivity index is 1.49. The average Bonchev–Trinajstić information content (AvgIpc) is 3.09. The van der Waals surface area contributed by atoms with E-state index in [1.807, 2.05) is 0 Å². The summed E-state index contributed by atoms with van der Waals surface area (Å²) >= 11 is 0. The van der Waals surface area contributed by atoms with E-state index in [1.165, 1.54) is 16.7 Å². The van der Waals surface area contributed by atoms with Gasteiger partial charge in [-0.1, -0.05) is 74.1 Å². The Morgan fingerprint density at radius 3 is 2.73 bits per heavy atom. The average molecular weight is 408 g/mol. The number of carbonyl (C=O) groups excluding carboxylic acids is 1. The predicted molar refractivity (Wildman–Crippen MR) is 124 cm³/mol. The highest BCUT2D eigenvalue weighted by Crippen LogP contribution is 2.30. The molecule has 0 saturated heterocycles. The Morgan fingerprint density at radius 2 is 1.97 bits per heavy atom. The highest BCUT2D eigenvalue weighted by atomic mass is 16.5. The molecule has 1 aromatic carbocycles. The molecule has 1 aliphatic carbocycles. The van der Waals surface area contributed by atoms with E-state index in [2.05, 4.69) is 68.2 Å². The third-order valence-corrected chi connectivity index (χ3v) is 6.46. The molecule has 0 aromatic heterocycles. The van der Waals surface area contributed by atoms with E-state index in [1.54, 1.807) is 0 Å². The van der Waals surface area contributed by atoms with Crippen molar-refractivity contribution in [1.29, 1.82) is 0 Å². The van der Waals surface area contributed by atoms with Crippen LogP contribution in [0.3, 0.4) is 0 Å². The normalized spacial score (nSPS) is 24.7. The molecule has 1 aliphatic heterocycles. The van der Waals surface area contributed by atoms with Crippen LogP contribution in [0.4, 0.5) is 0 Å². The molecule has 0 spiro atoms. The fourth-order valence-electron chi connectivity index (χ4n) is 4.24. The maximum absolute atomic E-state index is 12.7. The van der Waals surface area contributed by atoms with E-state index >= 15 is 0 Å². The predicted octanol–water partition coefficient (Wildman–Crippen LogP) is 5.91. The maximum Gasteiger partial charge on any atom is 0.249 e. The van der Waals surface area contributed by atoms with Gasteiger partial charge in [0.25, 0.3) is 0 Å². The minimum atomic E-state index is -0.381. The molecule has 2 aliphatic rings. The van der Waals surface area contributed by atoms with Gasteiger partial charge in [0, 0.05) is 13.0 Å². The smallest absolute Gasteiger partial charge is 0.249 e. The summed E-state index contributed by atoms with van der Waals surface area (Å²) in [5.41, 5.74) is 5.16. The van der Waals surface area contributed by atoms with Crippen molar-refractivity contribution in [2.45, 2.75) is 71.4 Å². The summed E-state index contributed by atoms with van der Waals surface area (Å²) in [6.07, 6.45) is 13.6. The van der Waals surface area contributed by atoms with Crippen LogP contribution >= 0.6 is 0 Å². The van der Waals surface area contributed by atoms with Crippen LogP contribution in [0.25, 0.3) is 0 Å². The van der Waals surface area contributed by atoms with Crippen molar-refractivity contribution in [2.75, 3.05) is 6.61 Å². The second-order valence-corrected chi connectivity index (χ2v) is 8.83. The van der Waals surface area contributed by atoms with Gasteiger partial charge < -0.3 is 10.1 Å². The van der Waals surface area contributed by atoms with Crippen LogP contribution in [-0.2, 0) is 22.5 Å². The number of rotatable bonds is 7. The molecule has 1 heterocycles. The van der Waals surface area contributed by atoms with Gasteiger partial charge in [-0.25, -0.2) is 0 Å². The van der Waals surface area contributed by atoms with Gasteiger partial charge in [0.15, 0.2) is 0 Å². The first-order valence-electron chi connectivity index (χ1n) is 11.5. The number of hydrogen-bond donors (Lipinski definition) is 1. The Kier molecular flexibility index (Phi) is 8.50. The van der Waals surface area contributed by atoms with Crippen LogP contribution in [0.5, 0.6) is 0 Å². The zero-order chi connectivity index (χ0) is 21.3. The summed E-state index contributed by atoms with van der Waals surface area (Å²) in [7, 11) is 0. The van der Waals surface area contributed by atoms with Gasteiger partial charge in [-0.3, -0.25) is 4.79 Å². The molecule has 1 aromatic rings. The van der Waals surface area contributed by atoms with Crippen LogP contribution in [0.2, 0.25) is 0 Å². The fourth-order valence-corrected chi connectivity index (χ4v) is 4.24. The molecule has 3 nitrogen and oxygen atoms in total. The topological polar surface area (TPSA) is 38.3 Å². The second-order valence-electron chi connectivity index (χ2n) is 8.83. The first kappa shape index (κ1) is 22.6. The van der Waals surface area contributed by atoms with Crippen molar-refractivity contribution >= 4 is 5.91 Å². The third kappa shape index (κ3) is 6.70. The molecule has 0 radical (unpaired) electrons. The van der Waals surface area contributed by atoms with Gasteiger partial charge >= 0.3 is 0 Å². The molecule has 3 rings (SSSR count). The number of ether oxygens (including phenoxy) is 1. The van der Waals surface area contributed by atoms with Crippen molar-refractivity contribution in [3.63, 3.8) is 0 Å². The van der Waals surface area contributed by atoms with E-state index in [4.69, 9.17) is 4.74 Å². The second kappa shape index (κ2) is 11.3. The number of allylic oxidation sites excluding steroid dienone is 3. The first-order chi connectivity index (χ1) is 14.5. The number of hydrogen-bond acceptors (Lipinski definition) is 2. The number of aryl methyl sites for hydroxylation is 1. The monoisotopic (exact) mass is 407 g/mol. The van der Waals surface area contributed by atoms with Crippen molar-refractivity contribution < 1.29 is 9.53 Å². The highest BCUT2D eigenvalue weighted by Gasteiger charge is 2.23. The van der Waals surface area contributed by atoms with Crippen LogP contribution in [0.1, 0.15) is 63.5 Å². The highest BCUT2D eigenvalue weighted by molar-refractivity contribution is 5.81. The number of carbonyl (C=O) groups is 1. The van der Waals surface area contributed by atoms with Gasteiger partial charge in [-0.15, -0.1) is 0 Å². The molecule has 1 N–H and O–H groups in total. The lowest BCUT2D eigenvalue weighted by atomic mass is 9.89. The largest absolute Gasteiger partial charge is 0.368 e. The molecule has 0 fully saturated rings. The number of benzene rings is 1. The van der Waals surface area contributed by atoms with Crippen LogP contribution in [0, 0.1) is 11.8 Å². The lowest BCUT2D eigenvalue weighted by Crippen LogP contribution is -2.36. The van der Waals surface area contributed by atoms with Crippen molar-refractivity contribution in [2.24, 2.45) is 11.8 Å². The molecule has 0 saturated carbocycles. The van der Waals surface area contributed by atoms with Crippen molar-refractivity contribution in [1.82, 2.24) is 5.32 Å². The van der Waals surface area contributed by atoms with Crippen LogP contribution in [0.15, 0.2) is 60.2 Å². The number of nitrogens with one attached hydrogen (secondary N) is 1. The van der Waals surface area contributed by atoms with E-state index < -0.39 is 0 Å². The van der Waals surface area contributed by atoms with Crippen molar-refractivity contribution in [3.05, 3.63) is 71.3 Å². The third-order valence-electron chi connectivity index (χ3n) is 6.46. The van der Waals surface area contributed by atoms with E-state index in [0.717, 1.165) is 44.1 Å². The molecule has 3 heteroatoms.